The van der Waals surface area contributed by atoms with E-state index >= 15 is 0 Å². The van der Waals surface area contributed by atoms with E-state index in [4.69, 9.17) is 0 Å². The van der Waals surface area contributed by atoms with Crippen molar-refractivity contribution in [1.82, 2.24) is 0 Å². The molecule has 0 fully saturated rings. The second-order valence-electron chi connectivity index (χ2n) is 7.71. The highest BCUT2D eigenvalue weighted by Crippen LogP contribution is 2.37. The first-order chi connectivity index (χ1) is 15.9. The van der Waals surface area contributed by atoms with Crippen molar-refractivity contribution in [2.24, 2.45) is 0 Å². The summed E-state index contributed by atoms with van der Waals surface area (Å²) >= 11 is 0. The van der Waals surface area contributed by atoms with E-state index in [1.807, 2.05) is 6.07 Å². The van der Waals surface area contributed by atoms with E-state index in [0.717, 1.165) is 11.1 Å². The Morgan fingerprint density at radius 1 is 0.375 bits per heavy atom. The molecule has 0 heterocycles. The molecule has 0 saturated heterocycles. The molecule has 32 heavy (non-hydrogen) atoms. The van der Waals surface area contributed by atoms with Gasteiger partial charge in [-0.25, -0.2) is 0 Å². The Bertz CT molecular complexity index is 1260. The maximum absolute atomic E-state index is 3.53. The minimum Gasteiger partial charge on any atom is -0.0622 e. The third-order valence-corrected chi connectivity index (χ3v) is 5.62. The van der Waals surface area contributed by atoms with Crippen LogP contribution < -0.4 is 0 Å². The molecule has 0 atom stereocenters. The molecule has 0 saturated carbocycles. The minimum atomic E-state index is 1.10. The Hall–Kier alpha value is -4.16. The fraction of sp³-hybridized carbons (Fsp3) is 0. The van der Waals surface area contributed by atoms with E-state index in [9.17, 15) is 0 Å². The van der Waals surface area contributed by atoms with Gasteiger partial charge in [0.2, 0.25) is 0 Å². The van der Waals surface area contributed by atoms with Crippen LogP contribution in [0.25, 0.3) is 22.3 Å². The zero-order valence-electron chi connectivity index (χ0n) is 17.8. The molecule has 5 aromatic rings. The Balaban J connectivity index is 1.76. The van der Waals surface area contributed by atoms with Crippen molar-refractivity contribution in [3.63, 3.8) is 0 Å². The van der Waals surface area contributed by atoms with Crippen LogP contribution in [-0.4, -0.2) is 0 Å². The Kier molecular flexibility index (Phi) is 5.76. The van der Waals surface area contributed by atoms with Crippen LogP contribution in [-0.2, 0) is 0 Å². The van der Waals surface area contributed by atoms with Crippen molar-refractivity contribution >= 4 is 11.1 Å². The summed E-state index contributed by atoms with van der Waals surface area (Å²) in [4.78, 5) is 0. The number of hydrogen-bond donors (Lipinski definition) is 0. The van der Waals surface area contributed by atoms with Gasteiger partial charge in [-0.1, -0.05) is 133 Å². The molecule has 0 unspecified atom stereocenters. The zero-order valence-corrected chi connectivity index (χ0v) is 17.8. The topological polar surface area (TPSA) is 0 Å². The standard InChI is InChI=1S/C32H23/c1-5-13-25(14-6-1)26-21-23-30(24-22-26)32(29-19-11-4-12-20-29)31(27-15-7-2-8-16-27)28-17-9-3-10-18-28/h1-21,23-24H. The summed E-state index contributed by atoms with van der Waals surface area (Å²) in [7, 11) is 0. The van der Waals surface area contributed by atoms with Crippen molar-refractivity contribution < 1.29 is 0 Å². The van der Waals surface area contributed by atoms with E-state index in [1.165, 1.54) is 33.4 Å². The van der Waals surface area contributed by atoms with Crippen LogP contribution in [0, 0.1) is 6.07 Å². The molecule has 0 nitrogen and oxygen atoms in total. The van der Waals surface area contributed by atoms with Crippen LogP contribution >= 0.6 is 0 Å². The molecule has 0 amide bonds. The SMILES string of the molecule is [c]1cc(C(=C(c2ccccc2)c2ccccc2)c2ccccc2)ccc1-c1ccccc1. The lowest BCUT2D eigenvalue weighted by Crippen LogP contribution is -1.97. The van der Waals surface area contributed by atoms with Crippen LogP contribution in [0.3, 0.4) is 0 Å². The molecule has 0 aromatic heterocycles. The maximum atomic E-state index is 3.53. The highest BCUT2D eigenvalue weighted by atomic mass is 14.2. The first-order valence-electron chi connectivity index (χ1n) is 10.9. The molecule has 0 aliphatic heterocycles. The van der Waals surface area contributed by atoms with Crippen molar-refractivity contribution in [1.29, 1.82) is 0 Å². The van der Waals surface area contributed by atoms with Gasteiger partial charge >= 0.3 is 0 Å². The van der Waals surface area contributed by atoms with Crippen LogP contribution in [0.2, 0.25) is 0 Å². The van der Waals surface area contributed by atoms with Crippen molar-refractivity contribution in [2.75, 3.05) is 0 Å². The van der Waals surface area contributed by atoms with Crippen molar-refractivity contribution in [3.8, 4) is 11.1 Å². The summed E-state index contributed by atoms with van der Waals surface area (Å²) in [6.07, 6.45) is 0. The Morgan fingerprint density at radius 3 is 1.19 bits per heavy atom. The molecule has 5 rings (SSSR count). The first-order valence-corrected chi connectivity index (χ1v) is 10.9. The third-order valence-electron chi connectivity index (χ3n) is 5.62. The van der Waals surface area contributed by atoms with Gasteiger partial charge in [0, 0.05) is 0 Å². The predicted molar refractivity (Wildman–Crippen MR) is 135 cm³/mol. The average Bonchev–Trinajstić information content (AvgIpc) is 2.89. The first kappa shape index (κ1) is 19.8. The molecule has 0 N–H and O–H groups in total. The molecule has 5 aromatic carbocycles. The van der Waals surface area contributed by atoms with Crippen LogP contribution in [0.4, 0.5) is 0 Å². The summed E-state index contributed by atoms with van der Waals surface area (Å²) in [5.74, 6) is 0. The van der Waals surface area contributed by atoms with Crippen LogP contribution in [0.5, 0.6) is 0 Å². The average molecular weight is 408 g/mol. The summed E-state index contributed by atoms with van der Waals surface area (Å²) < 4.78 is 0. The second-order valence-corrected chi connectivity index (χ2v) is 7.71. The molecule has 0 aliphatic rings. The van der Waals surface area contributed by atoms with Gasteiger partial charge in [-0.2, -0.15) is 0 Å². The van der Waals surface area contributed by atoms with E-state index in [-0.39, 0.29) is 0 Å². The monoisotopic (exact) mass is 407 g/mol. The van der Waals surface area contributed by atoms with Crippen LogP contribution in [0.1, 0.15) is 22.3 Å². The molecule has 0 bridgehead atoms. The van der Waals surface area contributed by atoms with Gasteiger partial charge in [-0.05, 0) is 56.7 Å². The van der Waals surface area contributed by atoms with E-state index in [1.54, 1.807) is 0 Å². The van der Waals surface area contributed by atoms with Gasteiger partial charge in [0.25, 0.3) is 0 Å². The highest BCUT2D eigenvalue weighted by molar-refractivity contribution is 6.04. The van der Waals surface area contributed by atoms with Gasteiger partial charge in [0.05, 0.1) is 0 Å². The fourth-order valence-electron chi connectivity index (χ4n) is 4.10. The summed E-state index contributed by atoms with van der Waals surface area (Å²) in [6, 6.07) is 52.4. The van der Waals surface area contributed by atoms with Gasteiger partial charge in [-0.3, -0.25) is 0 Å². The zero-order chi connectivity index (χ0) is 21.6. The van der Waals surface area contributed by atoms with Crippen molar-refractivity contribution in [2.45, 2.75) is 0 Å². The van der Waals surface area contributed by atoms with Gasteiger partial charge in [0.1, 0.15) is 0 Å². The smallest absolute Gasteiger partial charge is 0.00266 e. The summed E-state index contributed by atoms with van der Waals surface area (Å²) in [6.45, 7) is 0. The molecule has 0 aliphatic carbocycles. The Morgan fingerprint density at radius 2 is 0.781 bits per heavy atom. The van der Waals surface area contributed by atoms with E-state index < -0.39 is 0 Å². The lowest BCUT2D eigenvalue weighted by atomic mass is 9.85. The largest absolute Gasteiger partial charge is 0.0622 e. The van der Waals surface area contributed by atoms with Gasteiger partial charge in [-0.15, -0.1) is 0 Å². The summed E-state index contributed by atoms with van der Waals surface area (Å²) in [5, 5.41) is 0. The third kappa shape index (κ3) is 4.17. The maximum Gasteiger partial charge on any atom is -0.00266 e. The second kappa shape index (κ2) is 9.32. The lowest BCUT2D eigenvalue weighted by Gasteiger charge is -2.18. The van der Waals surface area contributed by atoms with E-state index in [0.29, 0.717) is 0 Å². The molecule has 0 spiro atoms. The number of hydrogen-bond acceptors (Lipinski definition) is 0. The molecule has 151 valence electrons. The molecular weight excluding hydrogens is 384 g/mol. The molecule has 0 heteroatoms. The molecule has 1 radical (unpaired) electrons. The predicted octanol–water partition coefficient (Wildman–Crippen LogP) is 8.16. The normalized spacial score (nSPS) is 10.5. The Labute approximate surface area is 190 Å². The number of benzene rings is 5. The minimum absolute atomic E-state index is 1.10. The van der Waals surface area contributed by atoms with E-state index in [2.05, 4.69) is 140 Å². The van der Waals surface area contributed by atoms with Gasteiger partial charge < -0.3 is 0 Å². The molecular formula is C32H23. The van der Waals surface area contributed by atoms with Gasteiger partial charge in [0.15, 0.2) is 0 Å². The van der Waals surface area contributed by atoms with Crippen molar-refractivity contribution in [3.05, 3.63) is 168 Å². The van der Waals surface area contributed by atoms with Crippen LogP contribution in [0.15, 0.2) is 140 Å². The fourth-order valence-corrected chi connectivity index (χ4v) is 4.10. The highest BCUT2D eigenvalue weighted by Gasteiger charge is 2.16. The lowest BCUT2D eigenvalue weighted by molar-refractivity contribution is 1.49. The quantitative estimate of drug-likeness (QED) is 0.258. The summed E-state index contributed by atoms with van der Waals surface area (Å²) in [5.41, 5.74) is 9.44. The number of rotatable bonds is 5.